The predicted molar refractivity (Wildman–Crippen MR) is 92.2 cm³/mol. The molecule has 7 nitrogen and oxygen atoms in total. The lowest BCUT2D eigenvalue weighted by Gasteiger charge is -2.34. The van der Waals surface area contributed by atoms with E-state index < -0.39 is 0 Å². The number of aliphatic hydroxyl groups excluding tert-OH is 1. The molecule has 1 aromatic heterocycles. The molecule has 0 radical (unpaired) electrons. The molecule has 2 amide bonds. The van der Waals surface area contributed by atoms with Crippen LogP contribution < -0.4 is 10.1 Å². The first kappa shape index (κ1) is 17.3. The summed E-state index contributed by atoms with van der Waals surface area (Å²) < 4.78 is 10.6. The molecule has 2 N–H and O–H groups in total. The van der Waals surface area contributed by atoms with Crippen molar-refractivity contribution < 1.29 is 19.2 Å². The van der Waals surface area contributed by atoms with Gasteiger partial charge in [-0.15, -0.1) is 0 Å². The Hall–Kier alpha value is -2.54. The van der Waals surface area contributed by atoms with Crippen molar-refractivity contribution in [2.24, 2.45) is 0 Å². The van der Waals surface area contributed by atoms with Crippen molar-refractivity contribution in [3.63, 3.8) is 0 Å². The third kappa shape index (κ3) is 4.11. The van der Waals surface area contributed by atoms with Gasteiger partial charge in [0, 0.05) is 18.2 Å². The Balaban J connectivity index is 1.60. The summed E-state index contributed by atoms with van der Waals surface area (Å²) in [6.07, 6.45) is 2.85. The molecule has 1 saturated heterocycles. The highest BCUT2D eigenvalue weighted by Gasteiger charge is 2.25. The quantitative estimate of drug-likeness (QED) is 0.869. The Labute approximate surface area is 146 Å². The fraction of sp³-hybridized carbons (Fsp3) is 0.444. The first-order valence-corrected chi connectivity index (χ1v) is 8.46. The fourth-order valence-corrected chi connectivity index (χ4v) is 3.03. The third-order valence-electron chi connectivity index (χ3n) is 4.43. The molecule has 1 aromatic carbocycles. The number of methoxy groups -OCH3 is 1. The number of rotatable bonds is 5. The molecular formula is C18H23N3O4. The first-order chi connectivity index (χ1) is 12.2. The summed E-state index contributed by atoms with van der Waals surface area (Å²) in [6, 6.07) is 9.03. The van der Waals surface area contributed by atoms with Gasteiger partial charge in [0.15, 0.2) is 5.76 Å². The number of aliphatic hydroxyl groups is 1. The molecule has 0 bridgehead atoms. The molecule has 2 heterocycles. The monoisotopic (exact) mass is 345 g/mol. The van der Waals surface area contributed by atoms with Crippen LogP contribution in [0.15, 0.2) is 34.9 Å². The number of hydrogen-bond donors (Lipinski definition) is 2. The van der Waals surface area contributed by atoms with Gasteiger partial charge >= 0.3 is 6.03 Å². The summed E-state index contributed by atoms with van der Waals surface area (Å²) in [5.41, 5.74) is 1.50. The zero-order valence-electron chi connectivity index (χ0n) is 14.3. The van der Waals surface area contributed by atoms with Crippen LogP contribution >= 0.6 is 0 Å². The largest absolute Gasteiger partial charge is 0.497 e. The van der Waals surface area contributed by atoms with Crippen LogP contribution in [0.2, 0.25) is 0 Å². The molecule has 2 aromatic rings. The van der Waals surface area contributed by atoms with Crippen molar-refractivity contribution in [2.75, 3.05) is 20.3 Å². The number of nitrogens with zero attached hydrogens (tertiary/aromatic N) is 2. The van der Waals surface area contributed by atoms with Gasteiger partial charge in [0.2, 0.25) is 0 Å². The summed E-state index contributed by atoms with van der Waals surface area (Å²) in [5, 5.41) is 16.3. The van der Waals surface area contributed by atoms with Crippen LogP contribution in [0, 0.1) is 0 Å². The SMILES string of the molecule is COc1cccc(-c2cc(CNC(=O)N3CCCC[C@@H]3CO)no2)c1. The van der Waals surface area contributed by atoms with E-state index in [1.165, 1.54) is 0 Å². The van der Waals surface area contributed by atoms with Crippen LogP contribution in [0.3, 0.4) is 0 Å². The van der Waals surface area contributed by atoms with Gasteiger partial charge in [-0.2, -0.15) is 0 Å². The molecule has 3 rings (SSSR count). The van der Waals surface area contributed by atoms with Gasteiger partial charge in [-0.25, -0.2) is 4.79 Å². The lowest BCUT2D eigenvalue weighted by atomic mass is 10.0. The van der Waals surface area contributed by atoms with Crippen molar-refractivity contribution in [3.8, 4) is 17.1 Å². The number of piperidine rings is 1. The highest BCUT2D eigenvalue weighted by molar-refractivity contribution is 5.74. The Bertz CT molecular complexity index is 716. The topological polar surface area (TPSA) is 87.8 Å². The van der Waals surface area contributed by atoms with Crippen LogP contribution in [0.25, 0.3) is 11.3 Å². The summed E-state index contributed by atoms with van der Waals surface area (Å²) in [4.78, 5) is 14.0. The molecule has 0 spiro atoms. The van der Waals surface area contributed by atoms with E-state index in [0.29, 0.717) is 18.0 Å². The summed E-state index contributed by atoms with van der Waals surface area (Å²) >= 11 is 0. The second kappa shape index (κ2) is 8.02. The standard InChI is InChI=1S/C18H23N3O4/c1-24-16-7-4-5-13(9-16)17-10-14(20-25-17)11-19-18(23)21-8-3-2-6-15(21)12-22/h4-5,7,9-10,15,22H,2-3,6,8,11-12H2,1H3,(H,19,23)/t15-/m1/s1. The molecule has 7 heteroatoms. The second-order valence-electron chi connectivity index (χ2n) is 6.10. The van der Waals surface area contributed by atoms with Gasteiger partial charge < -0.3 is 24.6 Å². The highest BCUT2D eigenvalue weighted by Crippen LogP contribution is 2.24. The van der Waals surface area contributed by atoms with E-state index in [1.54, 1.807) is 18.1 Å². The van der Waals surface area contributed by atoms with Crippen LogP contribution in [0.4, 0.5) is 4.79 Å². The number of hydrogen-bond acceptors (Lipinski definition) is 5. The van der Waals surface area contributed by atoms with Crippen LogP contribution in [-0.4, -0.2) is 47.5 Å². The van der Waals surface area contributed by atoms with Crippen molar-refractivity contribution in [1.29, 1.82) is 0 Å². The zero-order chi connectivity index (χ0) is 17.6. The zero-order valence-corrected chi connectivity index (χ0v) is 14.3. The minimum Gasteiger partial charge on any atom is -0.497 e. The molecule has 0 saturated carbocycles. The lowest BCUT2D eigenvalue weighted by molar-refractivity contribution is 0.108. The van der Waals surface area contributed by atoms with Crippen LogP contribution in [0.5, 0.6) is 5.75 Å². The second-order valence-corrected chi connectivity index (χ2v) is 6.10. The maximum atomic E-state index is 12.3. The van der Waals surface area contributed by atoms with E-state index in [-0.39, 0.29) is 25.2 Å². The van der Waals surface area contributed by atoms with Gasteiger partial charge in [-0.3, -0.25) is 0 Å². The molecule has 1 aliphatic heterocycles. The minimum absolute atomic E-state index is 0.00261. The van der Waals surface area contributed by atoms with E-state index >= 15 is 0 Å². The van der Waals surface area contributed by atoms with Gasteiger partial charge in [0.05, 0.1) is 26.3 Å². The van der Waals surface area contributed by atoms with E-state index in [2.05, 4.69) is 10.5 Å². The number of ether oxygens (including phenoxy) is 1. The smallest absolute Gasteiger partial charge is 0.318 e. The highest BCUT2D eigenvalue weighted by atomic mass is 16.5. The molecular weight excluding hydrogens is 322 g/mol. The maximum absolute atomic E-state index is 12.3. The summed E-state index contributed by atoms with van der Waals surface area (Å²) in [5.74, 6) is 1.36. The number of benzene rings is 1. The van der Waals surface area contributed by atoms with Crippen molar-refractivity contribution in [3.05, 3.63) is 36.0 Å². The number of carbonyl (C=O) groups excluding carboxylic acids is 1. The van der Waals surface area contributed by atoms with Gasteiger partial charge in [0.25, 0.3) is 0 Å². The molecule has 0 unspecified atom stereocenters. The number of aromatic nitrogens is 1. The molecule has 0 aliphatic carbocycles. The molecule has 1 fully saturated rings. The maximum Gasteiger partial charge on any atom is 0.318 e. The van der Waals surface area contributed by atoms with Crippen molar-refractivity contribution in [1.82, 2.24) is 15.4 Å². The Morgan fingerprint density at radius 3 is 3.12 bits per heavy atom. The van der Waals surface area contributed by atoms with E-state index in [0.717, 1.165) is 30.6 Å². The van der Waals surface area contributed by atoms with E-state index in [1.807, 2.05) is 24.3 Å². The fourth-order valence-electron chi connectivity index (χ4n) is 3.03. The van der Waals surface area contributed by atoms with Crippen molar-refractivity contribution >= 4 is 6.03 Å². The minimum atomic E-state index is -0.176. The average Bonchev–Trinajstić information content (AvgIpc) is 3.15. The third-order valence-corrected chi connectivity index (χ3v) is 4.43. The molecule has 1 aliphatic rings. The Morgan fingerprint density at radius 1 is 1.44 bits per heavy atom. The number of urea groups is 1. The Kier molecular flexibility index (Phi) is 5.55. The van der Waals surface area contributed by atoms with Crippen LogP contribution in [-0.2, 0) is 6.54 Å². The van der Waals surface area contributed by atoms with Crippen LogP contribution in [0.1, 0.15) is 25.0 Å². The van der Waals surface area contributed by atoms with Crippen molar-refractivity contribution in [2.45, 2.75) is 31.8 Å². The molecule has 1 atom stereocenters. The van der Waals surface area contributed by atoms with Gasteiger partial charge in [-0.05, 0) is 31.4 Å². The van der Waals surface area contributed by atoms with E-state index in [9.17, 15) is 9.90 Å². The predicted octanol–water partition coefficient (Wildman–Crippen LogP) is 2.41. The van der Waals surface area contributed by atoms with E-state index in [4.69, 9.17) is 9.26 Å². The summed E-state index contributed by atoms with van der Waals surface area (Å²) in [6.45, 7) is 0.948. The summed E-state index contributed by atoms with van der Waals surface area (Å²) in [7, 11) is 1.61. The number of likely N-dealkylation sites (tertiary alicyclic amines) is 1. The molecule has 25 heavy (non-hydrogen) atoms. The number of nitrogens with one attached hydrogen (secondary N) is 1. The number of carbonyl (C=O) groups is 1. The first-order valence-electron chi connectivity index (χ1n) is 8.46. The Morgan fingerprint density at radius 2 is 2.32 bits per heavy atom. The van der Waals surface area contributed by atoms with Gasteiger partial charge in [0.1, 0.15) is 11.4 Å². The number of amides is 2. The normalized spacial score (nSPS) is 17.4. The van der Waals surface area contributed by atoms with Gasteiger partial charge in [-0.1, -0.05) is 17.3 Å². The molecule has 134 valence electrons. The lowest BCUT2D eigenvalue weighted by Crippen LogP contribution is -2.49. The average molecular weight is 345 g/mol.